The first-order valence-electron chi connectivity index (χ1n) is 6.28. The summed E-state index contributed by atoms with van der Waals surface area (Å²) >= 11 is 0. The molecule has 0 aliphatic heterocycles. The molecule has 0 amide bonds. The van der Waals surface area contributed by atoms with Crippen LogP contribution >= 0.6 is 0 Å². The number of hydrogen-bond donors (Lipinski definition) is 0. The molecule has 0 N–H and O–H groups in total. The van der Waals surface area contributed by atoms with Crippen molar-refractivity contribution in [1.29, 1.82) is 0 Å². The van der Waals surface area contributed by atoms with Crippen LogP contribution in [-0.2, 0) is 13.1 Å². The van der Waals surface area contributed by atoms with Crippen molar-refractivity contribution in [3.63, 3.8) is 0 Å². The summed E-state index contributed by atoms with van der Waals surface area (Å²) in [6.07, 6.45) is 9.21. The van der Waals surface area contributed by atoms with Gasteiger partial charge in [-0.3, -0.25) is 4.79 Å². The zero-order valence-electron chi connectivity index (χ0n) is 10.8. The number of rotatable bonds is 4. The second kappa shape index (κ2) is 5.48. The standard InChI is InChI=1S/C14H13N5O/c20-14-12-5-1-2-6-13(12)16-17-19(14)9-4-3-8-18-10-7-15-11-18/h1-7,10-11H,8-9H2. The van der Waals surface area contributed by atoms with E-state index in [1.165, 1.54) is 4.68 Å². The Labute approximate surface area is 115 Å². The van der Waals surface area contributed by atoms with E-state index >= 15 is 0 Å². The minimum Gasteiger partial charge on any atom is -0.334 e. The summed E-state index contributed by atoms with van der Waals surface area (Å²) in [6.45, 7) is 1.13. The van der Waals surface area contributed by atoms with E-state index in [4.69, 9.17) is 0 Å². The number of benzene rings is 1. The molecule has 3 aromatic rings. The van der Waals surface area contributed by atoms with Gasteiger partial charge in [0.1, 0.15) is 5.52 Å². The minimum absolute atomic E-state index is 0.122. The van der Waals surface area contributed by atoms with Gasteiger partial charge in [-0.25, -0.2) is 9.67 Å². The molecule has 1 aromatic carbocycles. The van der Waals surface area contributed by atoms with E-state index in [1.807, 2.05) is 35.0 Å². The van der Waals surface area contributed by atoms with E-state index in [1.54, 1.807) is 24.7 Å². The summed E-state index contributed by atoms with van der Waals surface area (Å²) in [7, 11) is 0. The van der Waals surface area contributed by atoms with Crippen molar-refractivity contribution in [2.24, 2.45) is 0 Å². The lowest BCUT2D eigenvalue weighted by Crippen LogP contribution is -2.23. The molecule has 3 rings (SSSR count). The molecule has 0 saturated carbocycles. The fourth-order valence-electron chi connectivity index (χ4n) is 1.91. The molecule has 0 bridgehead atoms. The van der Waals surface area contributed by atoms with Gasteiger partial charge in [0.05, 0.1) is 18.3 Å². The van der Waals surface area contributed by atoms with Gasteiger partial charge in [-0.2, -0.15) is 0 Å². The van der Waals surface area contributed by atoms with E-state index in [0.717, 1.165) is 6.54 Å². The van der Waals surface area contributed by atoms with Crippen LogP contribution in [0.15, 0.2) is 59.9 Å². The Kier molecular flexibility index (Phi) is 3.36. The van der Waals surface area contributed by atoms with Crippen molar-refractivity contribution in [1.82, 2.24) is 24.5 Å². The van der Waals surface area contributed by atoms with Crippen molar-refractivity contribution in [3.8, 4) is 0 Å². The van der Waals surface area contributed by atoms with E-state index in [0.29, 0.717) is 17.4 Å². The molecular weight excluding hydrogens is 254 g/mol. The average Bonchev–Trinajstić information content (AvgIpc) is 2.99. The third-order valence-corrected chi connectivity index (χ3v) is 2.95. The van der Waals surface area contributed by atoms with Crippen LogP contribution in [0.4, 0.5) is 0 Å². The summed E-state index contributed by atoms with van der Waals surface area (Å²) in [5.41, 5.74) is 0.499. The smallest absolute Gasteiger partial charge is 0.277 e. The number of nitrogens with zero attached hydrogens (tertiary/aromatic N) is 5. The highest BCUT2D eigenvalue weighted by molar-refractivity contribution is 5.76. The highest BCUT2D eigenvalue weighted by Crippen LogP contribution is 2.03. The van der Waals surface area contributed by atoms with E-state index in [2.05, 4.69) is 15.3 Å². The molecule has 0 fully saturated rings. The third-order valence-electron chi connectivity index (χ3n) is 2.95. The van der Waals surface area contributed by atoms with Crippen molar-refractivity contribution in [2.45, 2.75) is 13.1 Å². The monoisotopic (exact) mass is 267 g/mol. The molecule has 0 aliphatic carbocycles. The van der Waals surface area contributed by atoms with Crippen LogP contribution in [-0.4, -0.2) is 24.5 Å². The summed E-state index contributed by atoms with van der Waals surface area (Å²) in [5.74, 6) is 0. The average molecular weight is 267 g/mol. The minimum atomic E-state index is -0.122. The molecule has 0 unspecified atom stereocenters. The van der Waals surface area contributed by atoms with Crippen molar-refractivity contribution < 1.29 is 0 Å². The van der Waals surface area contributed by atoms with Gasteiger partial charge in [-0.05, 0) is 12.1 Å². The van der Waals surface area contributed by atoms with Gasteiger partial charge in [-0.15, -0.1) is 5.10 Å². The van der Waals surface area contributed by atoms with E-state index in [-0.39, 0.29) is 5.56 Å². The summed E-state index contributed by atoms with van der Waals surface area (Å²) in [5, 5.41) is 8.55. The quantitative estimate of drug-likeness (QED) is 0.667. The Balaban J connectivity index is 1.76. The number of allylic oxidation sites excluding steroid dienone is 2. The number of aromatic nitrogens is 5. The molecule has 6 nitrogen and oxygen atoms in total. The zero-order valence-corrected chi connectivity index (χ0v) is 10.8. The molecule has 0 atom stereocenters. The predicted molar refractivity (Wildman–Crippen MR) is 75.2 cm³/mol. The van der Waals surface area contributed by atoms with Crippen LogP contribution in [0.3, 0.4) is 0 Å². The largest absolute Gasteiger partial charge is 0.334 e. The van der Waals surface area contributed by atoms with Crippen LogP contribution in [0.1, 0.15) is 0 Å². The first-order chi connectivity index (χ1) is 9.84. The first-order valence-corrected chi connectivity index (χ1v) is 6.28. The van der Waals surface area contributed by atoms with E-state index < -0.39 is 0 Å². The molecular formula is C14H13N5O. The number of fused-ring (bicyclic) bond motifs is 1. The topological polar surface area (TPSA) is 65.6 Å². The first kappa shape index (κ1) is 12.3. The van der Waals surface area contributed by atoms with Gasteiger partial charge in [0.15, 0.2) is 0 Å². The van der Waals surface area contributed by atoms with Crippen LogP contribution in [0.25, 0.3) is 10.9 Å². The van der Waals surface area contributed by atoms with Gasteiger partial charge in [-0.1, -0.05) is 29.5 Å². The fraction of sp³-hybridized carbons (Fsp3) is 0.143. The predicted octanol–water partition coefficient (Wildman–Crippen LogP) is 1.24. The summed E-state index contributed by atoms with van der Waals surface area (Å²) in [6, 6.07) is 7.21. The molecule has 0 radical (unpaired) electrons. The van der Waals surface area contributed by atoms with Gasteiger partial charge in [0.25, 0.3) is 5.56 Å². The van der Waals surface area contributed by atoms with E-state index in [9.17, 15) is 4.79 Å². The molecule has 2 aromatic heterocycles. The van der Waals surface area contributed by atoms with Gasteiger partial charge >= 0.3 is 0 Å². The maximum atomic E-state index is 12.2. The summed E-state index contributed by atoms with van der Waals surface area (Å²) in [4.78, 5) is 16.1. The van der Waals surface area contributed by atoms with Crippen LogP contribution in [0.2, 0.25) is 0 Å². The highest BCUT2D eigenvalue weighted by atomic mass is 16.1. The van der Waals surface area contributed by atoms with Crippen LogP contribution in [0.5, 0.6) is 0 Å². The van der Waals surface area contributed by atoms with Crippen molar-refractivity contribution in [3.05, 3.63) is 65.5 Å². The maximum Gasteiger partial charge on any atom is 0.277 e. The fourth-order valence-corrected chi connectivity index (χ4v) is 1.91. The lowest BCUT2D eigenvalue weighted by molar-refractivity contribution is 0.609. The lowest BCUT2D eigenvalue weighted by Gasteiger charge is -2.01. The summed E-state index contributed by atoms with van der Waals surface area (Å²) < 4.78 is 3.29. The zero-order chi connectivity index (χ0) is 13.8. The van der Waals surface area contributed by atoms with Crippen LogP contribution in [0, 0.1) is 0 Å². The van der Waals surface area contributed by atoms with Gasteiger partial charge < -0.3 is 4.57 Å². The lowest BCUT2D eigenvalue weighted by atomic mass is 10.2. The number of imidazole rings is 1. The molecule has 0 saturated heterocycles. The molecule has 2 heterocycles. The SMILES string of the molecule is O=c1c2ccccc2nnn1CC=CCn1ccnc1. The number of hydrogen-bond acceptors (Lipinski definition) is 4. The van der Waals surface area contributed by atoms with Crippen molar-refractivity contribution in [2.75, 3.05) is 0 Å². The third kappa shape index (κ3) is 2.49. The molecule has 0 spiro atoms. The van der Waals surface area contributed by atoms with Gasteiger partial charge in [0, 0.05) is 18.9 Å². The second-order valence-corrected chi connectivity index (χ2v) is 4.32. The van der Waals surface area contributed by atoms with Crippen LogP contribution < -0.4 is 5.56 Å². The molecule has 100 valence electrons. The Morgan fingerprint density at radius 1 is 1.15 bits per heavy atom. The molecule has 20 heavy (non-hydrogen) atoms. The Morgan fingerprint density at radius 3 is 2.85 bits per heavy atom. The molecule has 6 heteroatoms. The Hall–Kier alpha value is -2.76. The Morgan fingerprint density at radius 2 is 2.00 bits per heavy atom. The van der Waals surface area contributed by atoms with Crippen molar-refractivity contribution >= 4 is 10.9 Å². The highest BCUT2D eigenvalue weighted by Gasteiger charge is 2.02. The maximum absolute atomic E-state index is 12.2. The Bertz CT molecular complexity index is 789. The second-order valence-electron chi connectivity index (χ2n) is 4.32. The van der Waals surface area contributed by atoms with Gasteiger partial charge in [0.2, 0.25) is 0 Å². The normalized spacial score (nSPS) is 11.4. The molecule has 0 aliphatic rings.